The summed E-state index contributed by atoms with van der Waals surface area (Å²) in [4.78, 5) is 29.2. The van der Waals surface area contributed by atoms with Gasteiger partial charge in [-0.1, -0.05) is 0 Å². The molecule has 0 saturated heterocycles. The van der Waals surface area contributed by atoms with E-state index in [0.717, 1.165) is 0 Å². The Hall–Kier alpha value is -2.24. The third-order valence-corrected chi connectivity index (χ3v) is 1.97. The van der Waals surface area contributed by atoms with Gasteiger partial charge >= 0.3 is 5.97 Å². The first-order valence-corrected chi connectivity index (χ1v) is 4.20. The average Bonchev–Trinajstić information content (AvgIpc) is 2.62. The number of ketones is 1. The highest BCUT2D eigenvalue weighted by atomic mass is 16.4. The number of imidazole rings is 1. The molecular formula is C9H7N3O3. The van der Waals surface area contributed by atoms with E-state index >= 15 is 0 Å². The zero-order chi connectivity index (χ0) is 10.8. The molecule has 15 heavy (non-hydrogen) atoms. The molecule has 0 aliphatic carbocycles. The molecule has 2 heterocycles. The molecule has 0 aliphatic heterocycles. The van der Waals surface area contributed by atoms with Crippen molar-refractivity contribution < 1.29 is 14.7 Å². The third-order valence-electron chi connectivity index (χ3n) is 1.97. The van der Waals surface area contributed by atoms with E-state index in [2.05, 4.69) is 9.97 Å². The molecule has 0 spiro atoms. The van der Waals surface area contributed by atoms with Gasteiger partial charge < -0.3 is 9.51 Å². The van der Waals surface area contributed by atoms with Gasteiger partial charge in [-0.2, -0.15) is 0 Å². The smallest absolute Gasteiger partial charge is 0.372 e. The zero-order valence-electron chi connectivity index (χ0n) is 7.62. The highest BCUT2D eigenvalue weighted by Gasteiger charge is 2.14. The molecule has 0 aromatic carbocycles. The first-order chi connectivity index (χ1) is 7.18. The molecule has 1 N–H and O–H groups in total. The molecular weight excluding hydrogens is 198 g/mol. The zero-order valence-corrected chi connectivity index (χ0v) is 7.62. The average molecular weight is 205 g/mol. The Morgan fingerprint density at radius 1 is 1.40 bits per heavy atom. The number of aromatic nitrogens is 3. The van der Waals surface area contributed by atoms with Gasteiger partial charge in [0.15, 0.2) is 5.65 Å². The number of hydrogen-bond acceptors (Lipinski definition) is 4. The van der Waals surface area contributed by atoms with E-state index in [0.29, 0.717) is 11.3 Å². The fourth-order valence-corrected chi connectivity index (χ4v) is 1.27. The Kier molecular flexibility index (Phi) is 2.17. The lowest BCUT2D eigenvalue weighted by Crippen LogP contribution is -2.16. The largest absolute Gasteiger partial charge is 0.475 e. The van der Waals surface area contributed by atoms with Gasteiger partial charge in [0.25, 0.3) is 0 Å². The fraction of sp³-hybridized carbons (Fsp3) is 0.111. The van der Waals surface area contributed by atoms with E-state index in [1.54, 1.807) is 16.8 Å². The van der Waals surface area contributed by atoms with Crippen molar-refractivity contribution in [1.29, 1.82) is 0 Å². The topological polar surface area (TPSA) is 84.6 Å². The minimum absolute atomic E-state index is 0.166. The summed E-state index contributed by atoms with van der Waals surface area (Å²) in [5, 5.41) is 8.46. The van der Waals surface area contributed by atoms with Crippen LogP contribution in [0, 0.1) is 0 Å². The summed E-state index contributed by atoms with van der Waals surface area (Å²) in [5.41, 5.74) is 1.13. The van der Waals surface area contributed by atoms with E-state index < -0.39 is 11.8 Å². The number of carboxylic acid groups (broad SMARTS) is 1. The van der Waals surface area contributed by atoms with Gasteiger partial charge in [0.05, 0.1) is 18.3 Å². The van der Waals surface area contributed by atoms with Gasteiger partial charge in [-0.15, -0.1) is 0 Å². The maximum absolute atomic E-state index is 11.0. The molecule has 0 bridgehead atoms. The highest BCUT2D eigenvalue weighted by Crippen LogP contribution is 2.05. The number of carbonyl (C=O) groups is 2. The van der Waals surface area contributed by atoms with E-state index in [1.807, 2.05) is 0 Å². The summed E-state index contributed by atoms with van der Waals surface area (Å²) >= 11 is 0. The predicted molar refractivity (Wildman–Crippen MR) is 49.3 cm³/mol. The normalized spacial score (nSPS) is 10.4. The van der Waals surface area contributed by atoms with Gasteiger partial charge in [-0.3, -0.25) is 9.78 Å². The van der Waals surface area contributed by atoms with E-state index in [-0.39, 0.29) is 6.42 Å². The number of carbonyl (C=O) groups excluding carboxylic acids is 1. The predicted octanol–water partition coefficient (Wildman–Crippen LogP) is -0.0745. The van der Waals surface area contributed by atoms with Gasteiger partial charge in [-0.25, -0.2) is 9.78 Å². The van der Waals surface area contributed by atoms with Crippen LogP contribution in [0.2, 0.25) is 0 Å². The second-order valence-electron chi connectivity index (χ2n) is 2.96. The van der Waals surface area contributed by atoms with E-state index in [9.17, 15) is 9.59 Å². The van der Waals surface area contributed by atoms with Crippen LogP contribution in [0.15, 0.2) is 24.8 Å². The summed E-state index contributed by atoms with van der Waals surface area (Å²) in [6.07, 6.45) is 6.02. The van der Waals surface area contributed by atoms with Crippen LogP contribution in [0.1, 0.15) is 5.69 Å². The van der Waals surface area contributed by atoms with Crippen LogP contribution in [-0.4, -0.2) is 31.2 Å². The molecule has 0 radical (unpaired) electrons. The first kappa shape index (κ1) is 9.32. The van der Waals surface area contributed by atoms with Crippen LogP contribution in [0.25, 0.3) is 5.65 Å². The number of carboxylic acids is 1. The van der Waals surface area contributed by atoms with E-state index in [1.165, 1.54) is 12.4 Å². The Morgan fingerprint density at radius 2 is 2.20 bits per heavy atom. The second kappa shape index (κ2) is 3.49. The molecule has 0 unspecified atom stereocenters. The molecule has 6 nitrogen and oxygen atoms in total. The van der Waals surface area contributed by atoms with Gasteiger partial charge in [-0.05, 0) is 0 Å². The van der Waals surface area contributed by atoms with Crippen LogP contribution < -0.4 is 0 Å². The lowest BCUT2D eigenvalue weighted by atomic mass is 10.2. The fourth-order valence-electron chi connectivity index (χ4n) is 1.27. The van der Waals surface area contributed by atoms with Crippen molar-refractivity contribution in [3.63, 3.8) is 0 Å². The summed E-state index contributed by atoms with van der Waals surface area (Å²) < 4.78 is 1.63. The van der Waals surface area contributed by atoms with Crippen molar-refractivity contribution in [1.82, 2.24) is 14.4 Å². The number of nitrogens with zero attached hydrogens (tertiary/aromatic N) is 3. The van der Waals surface area contributed by atoms with Crippen molar-refractivity contribution >= 4 is 17.4 Å². The SMILES string of the molecule is O=C(O)C(=O)Cc1cnc2cnccn12. The molecule has 0 fully saturated rings. The van der Waals surface area contributed by atoms with Gasteiger partial charge in [0.1, 0.15) is 0 Å². The highest BCUT2D eigenvalue weighted by molar-refractivity contribution is 6.33. The molecule has 6 heteroatoms. The first-order valence-electron chi connectivity index (χ1n) is 4.20. The Balaban J connectivity index is 2.37. The Bertz CT molecular complexity index is 532. The van der Waals surface area contributed by atoms with Crippen molar-refractivity contribution in [2.24, 2.45) is 0 Å². The minimum atomic E-state index is -1.43. The third kappa shape index (κ3) is 1.69. The van der Waals surface area contributed by atoms with Gasteiger partial charge in [0, 0.05) is 18.6 Å². The van der Waals surface area contributed by atoms with Crippen LogP contribution in [0.4, 0.5) is 0 Å². The summed E-state index contributed by atoms with van der Waals surface area (Å²) in [5.74, 6) is -2.28. The maximum Gasteiger partial charge on any atom is 0.372 e. The summed E-state index contributed by atoms with van der Waals surface area (Å²) in [6, 6.07) is 0. The number of Topliss-reactive ketones (excluding diaryl/α,β-unsaturated/α-hetero) is 1. The standard InChI is InChI=1S/C9H7N3O3/c13-7(9(14)15)3-6-4-11-8-5-10-1-2-12(6)8/h1-2,4-5H,3H2,(H,14,15). The van der Waals surface area contributed by atoms with Crippen molar-refractivity contribution in [3.8, 4) is 0 Å². The lowest BCUT2D eigenvalue weighted by Gasteiger charge is -1.97. The number of rotatable bonds is 3. The molecule has 2 aromatic rings. The number of aliphatic carboxylic acids is 1. The monoisotopic (exact) mass is 205 g/mol. The number of fused-ring (bicyclic) bond motifs is 1. The van der Waals surface area contributed by atoms with E-state index in [4.69, 9.17) is 5.11 Å². The van der Waals surface area contributed by atoms with Crippen LogP contribution in [0.3, 0.4) is 0 Å². The Morgan fingerprint density at radius 3 is 2.93 bits per heavy atom. The summed E-state index contributed by atoms with van der Waals surface area (Å²) in [7, 11) is 0. The number of hydrogen-bond donors (Lipinski definition) is 1. The van der Waals surface area contributed by atoms with Crippen LogP contribution in [0.5, 0.6) is 0 Å². The molecule has 0 saturated carbocycles. The molecule has 76 valence electrons. The van der Waals surface area contributed by atoms with Crippen molar-refractivity contribution in [2.45, 2.75) is 6.42 Å². The van der Waals surface area contributed by atoms with Gasteiger partial charge in [0.2, 0.25) is 5.78 Å². The minimum Gasteiger partial charge on any atom is -0.475 e. The quantitative estimate of drug-likeness (QED) is 0.708. The molecule has 2 rings (SSSR count). The maximum atomic E-state index is 11.0. The van der Waals surface area contributed by atoms with Crippen molar-refractivity contribution in [2.75, 3.05) is 0 Å². The second-order valence-corrected chi connectivity index (χ2v) is 2.96. The van der Waals surface area contributed by atoms with Crippen LogP contribution in [-0.2, 0) is 16.0 Å². The lowest BCUT2D eigenvalue weighted by molar-refractivity contribution is -0.148. The van der Waals surface area contributed by atoms with Crippen molar-refractivity contribution in [3.05, 3.63) is 30.5 Å². The molecule has 0 aliphatic rings. The van der Waals surface area contributed by atoms with Crippen LogP contribution >= 0.6 is 0 Å². The Labute approximate surface area is 84.2 Å². The summed E-state index contributed by atoms with van der Waals surface area (Å²) in [6.45, 7) is 0. The molecule has 2 aromatic heterocycles. The molecule has 0 amide bonds. The molecule has 0 atom stereocenters.